The molecule has 1 amide bonds. The summed E-state index contributed by atoms with van der Waals surface area (Å²) in [4.78, 5) is 12.3. The van der Waals surface area contributed by atoms with Crippen LogP contribution in [0.15, 0.2) is 0 Å². The molecule has 0 bridgehead atoms. The first-order chi connectivity index (χ1) is 8.43. The van der Waals surface area contributed by atoms with Crippen LogP contribution >= 0.6 is 0 Å². The molecule has 0 aromatic carbocycles. The number of hydrogen-bond acceptors (Lipinski definition) is 3. The van der Waals surface area contributed by atoms with Gasteiger partial charge in [0.05, 0.1) is 5.54 Å². The highest BCUT2D eigenvalue weighted by molar-refractivity contribution is 5.68. The summed E-state index contributed by atoms with van der Waals surface area (Å²) in [6.07, 6.45) is 8.02. The van der Waals surface area contributed by atoms with Crippen molar-refractivity contribution >= 4 is 6.09 Å². The Bertz CT molecular complexity index is 295. The molecule has 2 fully saturated rings. The van der Waals surface area contributed by atoms with Gasteiger partial charge in [0.25, 0.3) is 0 Å². The molecule has 2 rings (SSSR count). The SMILES string of the molecule is CC(C)(C)OC(=O)N1NCCCC12CCCCC2. The molecule has 2 aliphatic rings. The molecular weight excluding hydrogens is 228 g/mol. The molecule has 1 saturated carbocycles. The van der Waals surface area contributed by atoms with Crippen LogP contribution in [0.1, 0.15) is 65.7 Å². The lowest BCUT2D eigenvalue weighted by Crippen LogP contribution is -2.63. The average Bonchev–Trinajstić information content (AvgIpc) is 2.28. The quantitative estimate of drug-likeness (QED) is 0.721. The van der Waals surface area contributed by atoms with Gasteiger partial charge in [-0.2, -0.15) is 0 Å². The Balaban J connectivity index is 2.10. The van der Waals surface area contributed by atoms with E-state index in [-0.39, 0.29) is 11.6 Å². The van der Waals surface area contributed by atoms with Crippen LogP contribution in [-0.2, 0) is 4.74 Å². The molecule has 1 aliphatic heterocycles. The molecule has 0 aromatic rings. The molecule has 4 nitrogen and oxygen atoms in total. The normalized spacial score (nSPS) is 24.1. The van der Waals surface area contributed by atoms with E-state index in [0.29, 0.717) is 0 Å². The zero-order valence-electron chi connectivity index (χ0n) is 11.9. The van der Waals surface area contributed by atoms with E-state index in [2.05, 4.69) is 5.43 Å². The highest BCUT2D eigenvalue weighted by Crippen LogP contribution is 2.38. The highest BCUT2D eigenvalue weighted by Gasteiger charge is 2.44. The van der Waals surface area contributed by atoms with Crippen molar-refractivity contribution in [2.24, 2.45) is 0 Å². The van der Waals surface area contributed by atoms with Crippen LogP contribution in [0.2, 0.25) is 0 Å². The van der Waals surface area contributed by atoms with Gasteiger partial charge in [-0.05, 0) is 46.5 Å². The van der Waals surface area contributed by atoms with Crippen LogP contribution in [0.25, 0.3) is 0 Å². The first-order valence-corrected chi connectivity index (χ1v) is 7.20. The van der Waals surface area contributed by atoms with Crippen LogP contribution in [0.4, 0.5) is 4.79 Å². The Morgan fingerprint density at radius 3 is 2.33 bits per heavy atom. The Hall–Kier alpha value is -0.770. The number of nitrogens with zero attached hydrogens (tertiary/aromatic N) is 1. The van der Waals surface area contributed by atoms with Gasteiger partial charge in [-0.15, -0.1) is 0 Å². The summed E-state index contributed by atoms with van der Waals surface area (Å²) in [5.74, 6) is 0. The van der Waals surface area contributed by atoms with Gasteiger partial charge in [0.15, 0.2) is 0 Å². The van der Waals surface area contributed by atoms with E-state index in [1.165, 1.54) is 19.3 Å². The minimum Gasteiger partial charge on any atom is -0.443 e. The predicted molar refractivity (Wildman–Crippen MR) is 71.1 cm³/mol. The first kappa shape index (κ1) is 13.7. The van der Waals surface area contributed by atoms with Crippen LogP contribution in [-0.4, -0.2) is 28.8 Å². The van der Waals surface area contributed by atoms with E-state index in [1.54, 1.807) is 5.01 Å². The summed E-state index contributed by atoms with van der Waals surface area (Å²) < 4.78 is 5.53. The number of rotatable bonds is 0. The number of hydrazine groups is 1. The molecular formula is C14H26N2O2. The second-order valence-corrected chi connectivity index (χ2v) is 6.61. The summed E-state index contributed by atoms with van der Waals surface area (Å²) in [5.41, 5.74) is 2.85. The van der Waals surface area contributed by atoms with Gasteiger partial charge in [-0.3, -0.25) is 0 Å². The van der Waals surface area contributed by atoms with E-state index in [9.17, 15) is 4.79 Å². The smallest absolute Gasteiger partial charge is 0.425 e. The summed E-state index contributed by atoms with van der Waals surface area (Å²) in [7, 11) is 0. The number of amides is 1. The standard InChI is InChI=1S/C14H26N2O2/c1-13(2,3)18-12(17)16-14(10-7-11-15-16)8-5-4-6-9-14/h15H,4-11H2,1-3H3. The molecule has 1 N–H and O–H groups in total. The number of ether oxygens (including phenoxy) is 1. The molecule has 1 aliphatic carbocycles. The molecule has 1 spiro atoms. The number of nitrogens with one attached hydrogen (secondary N) is 1. The summed E-state index contributed by atoms with van der Waals surface area (Å²) >= 11 is 0. The highest BCUT2D eigenvalue weighted by atomic mass is 16.6. The Morgan fingerprint density at radius 2 is 1.72 bits per heavy atom. The van der Waals surface area contributed by atoms with Gasteiger partial charge in [-0.25, -0.2) is 15.2 Å². The summed E-state index contributed by atoms with van der Waals surface area (Å²) in [6.45, 7) is 6.63. The zero-order chi connectivity index (χ0) is 13.2. The summed E-state index contributed by atoms with van der Waals surface area (Å²) in [5, 5.41) is 1.81. The predicted octanol–water partition coefficient (Wildman–Crippen LogP) is 3.22. The van der Waals surface area contributed by atoms with Gasteiger partial charge in [0.2, 0.25) is 0 Å². The molecule has 1 heterocycles. The maximum absolute atomic E-state index is 12.3. The fraction of sp³-hybridized carbons (Fsp3) is 0.929. The van der Waals surface area contributed by atoms with Crippen molar-refractivity contribution in [2.45, 2.75) is 76.9 Å². The molecule has 1 saturated heterocycles. The van der Waals surface area contributed by atoms with Crippen molar-refractivity contribution in [1.29, 1.82) is 0 Å². The minimum atomic E-state index is -0.425. The maximum atomic E-state index is 12.3. The molecule has 18 heavy (non-hydrogen) atoms. The van der Waals surface area contributed by atoms with Crippen molar-refractivity contribution < 1.29 is 9.53 Å². The number of carbonyl (C=O) groups is 1. The Morgan fingerprint density at radius 1 is 1.11 bits per heavy atom. The van der Waals surface area contributed by atoms with Crippen molar-refractivity contribution in [3.63, 3.8) is 0 Å². The second kappa shape index (κ2) is 5.08. The van der Waals surface area contributed by atoms with Crippen molar-refractivity contribution in [1.82, 2.24) is 10.4 Å². The molecule has 0 atom stereocenters. The van der Waals surface area contributed by atoms with Crippen molar-refractivity contribution in [3.05, 3.63) is 0 Å². The van der Waals surface area contributed by atoms with Gasteiger partial charge in [-0.1, -0.05) is 19.3 Å². The third-order valence-corrected chi connectivity index (χ3v) is 3.92. The first-order valence-electron chi connectivity index (χ1n) is 7.20. The monoisotopic (exact) mass is 254 g/mol. The van der Waals surface area contributed by atoms with Crippen LogP contribution in [0, 0.1) is 0 Å². The second-order valence-electron chi connectivity index (χ2n) is 6.61. The third kappa shape index (κ3) is 2.97. The van der Waals surface area contributed by atoms with Crippen molar-refractivity contribution in [3.8, 4) is 0 Å². The van der Waals surface area contributed by atoms with Crippen LogP contribution in [0.5, 0.6) is 0 Å². The van der Waals surface area contributed by atoms with Gasteiger partial charge < -0.3 is 4.74 Å². The molecule has 4 heteroatoms. The topological polar surface area (TPSA) is 41.6 Å². The average molecular weight is 254 g/mol. The Labute approximate surface area is 110 Å². The fourth-order valence-electron chi connectivity index (χ4n) is 3.14. The van der Waals surface area contributed by atoms with Gasteiger partial charge >= 0.3 is 6.09 Å². The van der Waals surface area contributed by atoms with E-state index in [1.807, 2.05) is 20.8 Å². The summed E-state index contributed by atoms with van der Waals surface area (Å²) in [6, 6.07) is 0. The van der Waals surface area contributed by atoms with E-state index >= 15 is 0 Å². The maximum Gasteiger partial charge on any atom is 0.425 e. The lowest BCUT2D eigenvalue weighted by molar-refractivity contribution is -0.0514. The van der Waals surface area contributed by atoms with E-state index in [0.717, 1.165) is 32.2 Å². The largest absolute Gasteiger partial charge is 0.443 e. The van der Waals surface area contributed by atoms with E-state index in [4.69, 9.17) is 4.74 Å². The molecule has 0 radical (unpaired) electrons. The fourth-order valence-corrected chi connectivity index (χ4v) is 3.14. The number of hydrogen-bond donors (Lipinski definition) is 1. The van der Waals surface area contributed by atoms with Crippen molar-refractivity contribution in [2.75, 3.05) is 6.54 Å². The molecule has 0 unspecified atom stereocenters. The minimum absolute atomic E-state index is 0.0127. The van der Waals surface area contributed by atoms with Gasteiger partial charge in [0.1, 0.15) is 5.60 Å². The number of carbonyl (C=O) groups excluding carboxylic acids is 1. The molecule has 104 valence electrons. The third-order valence-electron chi connectivity index (χ3n) is 3.92. The van der Waals surface area contributed by atoms with Crippen LogP contribution in [0.3, 0.4) is 0 Å². The van der Waals surface area contributed by atoms with E-state index < -0.39 is 5.60 Å². The zero-order valence-corrected chi connectivity index (χ0v) is 11.9. The molecule has 0 aromatic heterocycles. The Kier molecular flexibility index (Phi) is 3.85. The lowest BCUT2D eigenvalue weighted by atomic mass is 9.77. The van der Waals surface area contributed by atoms with Crippen LogP contribution < -0.4 is 5.43 Å². The van der Waals surface area contributed by atoms with Gasteiger partial charge in [0, 0.05) is 6.54 Å². The lowest BCUT2D eigenvalue weighted by Gasteiger charge is -2.49.